The zero-order valence-corrected chi connectivity index (χ0v) is 14.1. The van der Waals surface area contributed by atoms with Crippen LogP contribution in [0.15, 0.2) is 47.5 Å². The zero-order chi connectivity index (χ0) is 16.5. The number of aromatic nitrogens is 1. The molecule has 1 aromatic carbocycles. The van der Waals surface area contributed by atoms with Crippen molar-refractivity contribution in [3.05, 3.63) is 53.2 Å². The first-order valence-corrected chi connectivity index (χ1v) is 8.53. The molecule has 1 amide bonds. The number of amides is 1. The lowest BCUT2D eigenvalue weighted by Crippen LogP contribution is -2.27. The van der Waals surface area contributed by atoms with Gasteiger partial charge in [-0.2, -0.15) is 0 Å². The highest BCUT2D eigenvalue weighted by Crippen LogP contribution is 2.40. The van der Waals surface area contributed by atoms with Gasteiger partial charge < -0.3 is 9.47 Å². The van der Waals surface area contributed by atoms with E-state index in [2.05, 4.69) is 4.98 Å². The fourth-order valence-corrected chi connectivity index (χ4v) is 3.74. The van der Waals surface area contributed by atoms with Crippen LogP contribution < -0.4 is 14.4 Å². The number of ether oxygens (including phenoxy) is 2. The monoisotopic (exact) mass is 356 g/mol. The quantitative estimate of drug-likeness (QED) is 0.608. The van der Waals surface area contributed by atoms with E-state index < -0.39 is 0 Å². The number of nitrogens with zero attached hydrogens (tertiary/aromatic N) is 2. The Balaban J connectivity index is 1.66. The number of fused-ring (bicyclic) bond motifs is 1. The van der Waals surface area contributed by atoms with Gasteiger partial charge in [-0.3, -0.25) is 14.7 Å². The third kappa shape index (κ3) is 2.76. The normalized spacial score (nSPS) is 18.3. The fraction of sp³-hybridized carbons (Fsp3) is 0.118. The summed E-state index contributed by atoms with van der Waals surface area (Å²) < 4.78 is 11.6. The van der Waals surface area contributed by atoms with Crippen molar-refractivity contribution < 1.29 is 14.3 Å². The van der Waals surface area contributed by atoms with Gasteiger partial charge in [0.25, 0.3) is 5.91 Å². The van der Waals surface area contributed by atoms with Crippen LogP contribution in [0.1, 0.15) is 5.69 Å². The molecule has 120 valence electrons. The first kappa shape index (κ1) is 15.2. The van der Waals surface area contributed by atoms with E-state index >= 15 is 0 Å². The fourth-order valence-electron chi connectivity index (χ4n) is 2.46. The molecule has 2 aliphatic rings. The SMILES string of the molecule is O=C1C(=Cc2ccccn2)SC(=S)N1c1ccc2c(c1)OCCO2. The summed E-state index contributed by atoms with van der Waals surface area (Å²) in [6, 6.07) is 10.9. The molecule has 4 rings (SSSR count). The molecule has 0 unspecified atom stereocenters. The molecule has 1 fully saturated rings. The predicted molar refractivity (Wildman–Crippen MR) is 97.3 cm³/mol. The highest BCUT2D eigenvalue weighted by atomic mass is 32.2. The Morgan fingerprint density at radius 3 is 2.79 bits per heavy atom. The largest absolute Gasteiger partial charge is 0.486 e. The lowest BCUT2D eigenvalue weighted by molar-refractivity contribution is -0.113. The molecule has 0 aliphatic carbocycles. The summed E-state index contributed by atoms with van der Waals surface area (Å²) in [6.45, 7) is 1.02. The minimum Gasteiger partial charge on any atom is -0.486 e. The van der Waals surface area contributed by atoms with Crippen LogP contribution in [0.5, 0.6) is 11.5 Å². The molecule has 0 N–H and O–H groups in total. The Morgan fingerprint density at radius 1 is 1.17 bits per heavy atom. The molecule has 0 radical (unpaired) electrons. The second kappa shape index (κ2) is 6.26. The highest BCUT2D eigenvalue weighted by Gasteiger charge is 2.34. The highest BCUT2D eigenvalue weighted by molar-refractivity contribution is 8.27. The van der Waals surface area contributed by atoms with E-state index in [1.165, 1.54) is 16.7 Å². The molecule has 3 heterocycles. The topological polar surface area (TPSA) is 51.7 Å². The smallest absolute Gasteiger partial charge is 0.270 e. The Morgan fingerprint density at radius 2 is 2.00 bits per heavy atom. The van der Waals surface area contributed by atoms with E-state index in [-0.39, 0.29) is 5.91 Å². The maximum absolute atomic E-state index is 12.7. The van der Waals surface area contributed by atoms with Crippen LogP contribution in [0, 0.1) is 0 Å². The summed E-state index contributed by atoms with van der Waals surface area (Å²) in [5.41, 5.74) is 1.39. The zero-order valence-electron chi connectivity index (χ0n) is 12.5. The molecule has 2 aliphatic heterocycles. The van der Waals surface area contributed by atoms with Crippen LogP contribution in [0.3, 0.4) is 0 Å². The van der Waals surface area contributed by atoms with Gasteiger partial charge >= 0.3 is 0 Å². The molecule has 0 bridgehead atoms. The van der Waals surface area contributed by atoms with Gasteiger partial charge in [0, 0.05) is 12.3 Å². The summed E-state index contributed by atoms with van der Waals surface area (Å²) in [6.07, 6.45) is 3.44. The second-order valence-corrected chi connectivity index (χ2v) is 6.78. The van der Waals surface area contributed by atoms with Crippen molar-refractivity contribution >= 4 is 46.0 Å². The maximum Gasteiger partial charge on any atom is 0.270 e. The van der Waals surface area contributed by atoms with Crippen molar-refractivity contribution in [1.82, 2.24) is 4.98 Å². The summed E-state index contributed by atoms with van der Waals surface area (Å²) in [7, 11) is 0. The van der Waals surface area contributed by atoms with Crippen molar-refractivity contribution in [3.8, 4) is 11.5 Å². The van der Waals surface area contributed by atoms with Gasteiger partial charge in [0.2, 0.25) is 0 Å². The van der Waals surface area contributed by atoms with Crippen LogP contribution in [-0.2, 0) is 4.79 Å². The third-order valence-corrected chi connectivity index (χ3v) is 4.85. The van der Waals surface area contributed by atoms with Gasteiger partial charge in [-0.1, -0.05) is 30.0 Å². The van der Waals surface area contributed by atoms with Crippen molar-refractivity contribution in [2.24, 2.45) is 0 Å². The average Bonchev–Trinajstić information content (AvgIpc) is 2.89. The minimum atomic E-state index is -0.160. The van der Waals surface area contributed by atoms with E-state index in [4.69, 9.17) is 21.7 Å². The summed E-state index contributed by atoms with van der Waals surface area (Å²) >= 11 is 6.65. The van der Waals surface area contributed by atoms with Crippen LogP contribution in [0.4, 0.5) is 5.69 Å². The number of carbonyl (C=O) groups excluding carboxylic acids is 1. The predicted octanol–water partition coefficient (Wildman–Crippen LogP) is 3.26. The molecule has 24 heavy (non-hydrogen) atoms. The number of pyridine rings is 1. The van der Waals surface area contributed by atoms with Crippen molar-refractivity contribution in [2.45, 2.75) is 0 Å². The molecule has 0 saturated carbocycles. The number of benzene rings is 1. The van der Waals surface area contributed by atoms with Gasteiger partial charge in [0.1, 0.15) is 13.2 Å². The number of thiocarbonyl (C=S) groups is 1. The number of anilines is 1. The Labute approximate surface area is 148 Å². The number of hydrogen-bond donors (Lipinski definition) is 0. The molecule has 0 spiro atoms. The Kier molecular flexibility index (Phi) is 3.95. The van der Waals surface area contributed by atoms with Crippen molar-refractivity contribution in [2.75, 3.05) is 18.1 Å². The van der Waals surface area contributed by atoms with E-state index in [0.717, 1.165) is 5.69 Å². The molecule has 0 atom stereocenters. The van der Waals surface area contributed by atoms with Gasteiger partial charge in [0.05, 0.1) is 16.3 Å². The number of thioether (sulfide) groups is 1. The van der Waals surface area contributed by atoms with Gasteiger partial charge in [0.15, 0.2) is 15.8 Å². The van der Waals surface area contributed by atoms with E-state index in [1.807, 2.05) is 24.3 Å². The second-order valence-electron chi connectivity index (χ2n) is 5.10. The number of hydrogen-bond acceptors (Lipinski definition) is 6. The third-order valence-electron chi connectivity index (χ3n) is 3.54. The maximum atomic E-state index is 12.7. The summed E-state index contributed by atoms with van der Waals surface area (Å²) in [5, 5.41) is 0. The molecular formula is C17H12N2O3S2. The van der Waals surface area contributed by atoms with E-state index in [1.54, 1.807) is 24.4 Å². The molecule has 1 aromatic heterocycles. The molecule has 5 nitrogen and oxygen atoms in total. The number of rotatable bonds is 2. The molecular weight excluding hydrogens is 344 g/mol. The van der Waals surface area contributed by atoms with Crippen LogP contribution in [-0.4, -0.2) is 28.4 Å². The first-order chi connectivity index (χ1) is 11.7. The summed E-state index contributed by atoms with van der Waals surface area (Å²) in [4.78, 5) is 19.0. The molecule has 7 heteroatoms. The van der Waals surface area contributed by atoms with Crippen molar-refractivity contribution in [1.29, 1.82) is 0 Å². The molecule has 2 aromatic rings. The lowest BCUT2D eigenvalue weighted by Gasteiger charge is -2.21. The van der Waals surface area contributed by atoms with Crippen LogP contribution in [0.2, 0.25) is 0 Å². The number of carbonyl (C=O) groups is 1. The lowest BCUT2D eigenvalue weighted by atomic mass is 10.2. The van der Waals surface area contributed by atoms with Crippen LogP contribution in [0.25, 0.3) is 6.08 Å². The van der Waals surface area contributed by atoms with Gasteiger partial charge in [-0.15, -0.1) is 0 Å². The van der Waals surface area contributed by atoms with Gasteiger partial charge in [-0.25, -0.2) is 0 Å². The Bertz CT molecular complexity index is 852. The van der Waals surface area contributed by atoms with Crippen molar-refractivity contribution in [3.63, 3.8) is 0 Å². The minimum absolute atomic E-state index is 0.160. The first-order valence-electron chi connectivity index (χ1n) is 7.31. The Hall–Kier alpha value is -2.38. The van der Waals surface area contributed by atoms with Crippen LogP contribution >= 0.6 is 24.0 Å². The average molecular weight is 356 g/mol. The van der Waals surface area contributed by atoms with E-state index in [0.29, 0.717) is 39.6 Å². The van der Waals surface area contributed by atoms with Gasteiger partial charge in [-0.05, 0) is 30.3 Å². The van der Waals surface area contributed by atoms with E-state index in [9.17, 15) is 4.79 Å². The summed E-state index contributed by atoms with van der Waals surface area (Å²) in [5.74, 6) is 1.15. The molecule has 1 saturated heterocycles. The standard InChI is InChI=1S/C17H12N2O3S2/c20-16-15(9-11-3-1-2-6-18-11)24-17(23)19(16)12-4-5-13-14(10-12)22-8-7-21-13/h1-6,9-10H,7-8H2.